The monoisotopic (exact) mass is 200 g/mol. The number of nitriles is 1. The fourth-order valence-electron chi connectivity index (χ4n) is 1.66. The van der Waals surface area contributed by atoms with Crippen molar-refractivity contribution in [1.29, 1.82) is 5.26 Å². The van der Waals surface area contributed by atoms with Gasteiger partial charge in [-0.25, -0.2) is 0 Å². The van der Waals surface area contributed by atoms with Gasteiger partial charge in [0, 0.05) is 24.1 Å². The average molecular weight is 200 g/mol. The molecule has 2 aromatic rings. The van der Waals surface area contributed by atoms with Crippen LogP contribution in [0, 0.1) is 18.3 Å². The topological polar surface area (TPSA) is 28.7 Å². The van der Waals surface area contributed by atoms with Gasteiger partial charge in [-0.3, -0.25) is 0 Å². The molecule has 15 heavy (non-hydrogen) atoms. The fraction of sp³-hybridized carbons (Fsp3) is 0.308. The van der Waals surface area contributed by atoms with Crippen molar-refractivity contribution in [2.45, 2.75) is 20.8 Å². The Hall–Kier alpha value is -1.75. The summed E-state index contributed by atoms with van der Waals surface area (Å²) in [5, 5.41) is 9.91. The van der Waals surface area contributed by atoms with Crippen LogP contribution in [-0.4, -0.2) is 4.57 Å². The first-order valence-electron chi connectivity index (χ1n) is 5.18. The highest BCUT2D eigenvalue weighted by molar-refractivity contribution is 5.84. The first-order valence-corrected chi connectivity index (χ1v) is 5.18. The van der Waals surface area contributed by atoms with Gasteiger partial charge in [0.2, 0.25) is 0 Å². The number of aromatic nitrogens is 1. The molecule has 0 amide bonds. The molecule has 1 aromatic carbocycles. The van der Waals surface area contributed by atoms with E-state index in [1.165, 1.54) is 16.5 Å². The van der Waals surface area contributed by atoms with Crippen LogP contribution in [0.25, 0.3) is 10.9 Å². The van der Waals surface area contributed by atoms with Crippen molar-refractivity contribution in [3.05, 3.63) is 35.5 Å². The number of aryl methyl sites for hydroxylation is 2. The lowest BCUT2D eigenvalue weighted by atomic mass is 10.1. The second-order valence-corrected chi connectivity index (χ2v) is 3.27. The molecular formula is C13H16N2. The normalized spacial score (nSPS) is 9.27. The molecule has 0 aliphatic heterocycles. The summed E-state index contributed by atoms with van der Waals surface area (Å²) >= 11 is 0. The van der Waals surface area contributed by atoms with Gasteiger partial charge < -0.3 is 4.57 Å². The minimum atomic E-state index is 0.724. The minimum Gasteiger partial charge on any atom is -0.350 e. The lowest BCUT2D eigenvalue weighted by molar-refractivity contribution is 0.964. The van der Waals surface area contributed by atoms with Gasteiger partial charge in [0.1, 0.15) is 0 Å². The summed E-state index contributed by atoms with van der Waals surface area (Å²) in [6.45, 7) is 6.06. The molecule has 0 unspecified atom stereocenters. The van der Waals surface area contributed by atoms with Crippen molar-refractivity contribution in [3.8, 4) is 6.07 Å². The average Bonchev–Trinajstić information content (AvgIpc) is 2.57. The molecule has 0 fully saturated rings. The maximum atomic E-state index is 8.74. The lowest BCUT2D eigenvalue weighted by Gasteiger charge is -1.95. The standard InChI is InChI=1S/C11H10N2.C2H6/c1-8-7-13(2)11-4-3-9(6-12)5-10(8)11;1-2/h3-5,7H,1-2H3;1-2H3. The Morgan fingerprint density at radius 2 is 1.93 bits per heavy atom. The van der Waals surface area contributed by atoms with E-state index in [4.69, 9.17) is 5.26 Å². The van der Waals surface area contributed by atoms with Crippen LogP contribution in [-0.2, 0) is 7.05 Å². The van der Waals surface area contributed by atoms with Gasteiger partial charge in [-0.1, -0.05) is 13.8 Å². The molecule has 0 atom stereocenters. The fourth-order valence-corrected chi connectivity index (χ4v) is 1.66. The van der Waals surface area contributed by atoms with Gasteiger partial charge >= 0.3 is 0 Å². The zero-order chi connectivity index (χ0) is 11.4. The van der Waals surface area contributed by atoms with Crippen LogP contribution in [0.4, 0.5) is 0 Å². The molecule has 1 aromatic heterocycles. The van der Waals surface area contributed by atoms with E-state index in [2.05, 4.69) is 23.8 Å². The quantitative estimate of drug-likeness (QED) is 0.640. The minimum absolute atomic E-state index is 0.724. The summed E-state index contributed by atoms with van der Waals surface area (Å²) in [6, 6.07) is 7.92. The van der Waals surface area contributed by atoms with E-state index in [1.54, 1.807) is 0 Å². The van der Waals surface area contributed by atoms with Crippen molar-refractivity contribution in [1.82, 2.24) is 4.57 Å². The molecule has 2 nitrogen and oxygen atoms in total. The van der Waals surface area contributed by atoms with Crippen molar-refractivity contribution in [2.24, 2.45) is 7.05 Å². The van der Waals surface area contributed by atoms with Crippen molar-refractivity contribution < 1.29 is 0 Å². The van der Waals surface area contributed by atoms with E-state index in [1.807, 2.05) is 39.1 Å². The molecule has 0 aliphatic rings. The summed E-state index contributed by atoms with van der Waals surface area (Å²) in [6.07, 6.45) is 2.08. The van der Waals surface area contributed by atoms with Crippen molar-refractivity contribution in [3.63, 3.8) is 0 Å². The molecule has 0 radical (unpaired) electrons. The van der Waals surface area contributed by atoms with Gasteiger partial charge in [0.25, 0.3) is 0 Å². The van der Waals surface area contributed by atoms with Crippen LogP contribution in [0.5, 0.6) is 0 Å². The maximum Gasteiger partial charge on any atom is 0.0991 e. The Labute approximate surface area is 90.8 Å². The first kappa shape index (κ1) is 11.3. The zero-order valence-electron chi connectivity index (χ0n) is 9.70. The second-order valence-electron chi connectivity index (χ2n) is 3.27. The van der Waals surface area contributed by atoms with Gasteiger partial charge in [-0.15, -0.1) is 0 Å². The Kier molecular flexibility index (Phi) is 3.51. The SMILES string of the molecule is CC.Cc1cn(C)c2ccc(C#N)cc12. The number of fused-ring (bicyclic) bond motifs is 1. The van der Waals surface area contributed by atoms with Crippen LogP contribution in [0.15, 0.2) is 24.4 Å². The third-order valence-electron chi connectivity index (χ3n) is 2.32. The highest BCUT2D eigenvalue weighted by atomic mass is 14.9. The number of benzene rings is 1. The number of hydrogen-bond acceptors (Lipinski definition) is 1. The number of nitrogens with zero attached hydrogens (tertiary/aromatic N) is 2. The molecule has 2 rings (SSSR count). The Bertz CT molecular complexity index is 501. The van der Waals surface area contributed by atoms with Crippen LogP contribution in [0.1, 0.15) is 25.0 Å². The van der Waals surface area contributed by atoms with Gasteiger partial charge in [0.05, 0.1) is 11.6 Å². The van der Waals surface area contributed by atoms with E-state index in [0.717, 1.165) is 5.56 Å². The van der Waals surface area contributed by atoms with E-state index < -0.39 is 0 Å². The molecule has 2 heteroatoms. The molecule has 78 valence electrons. The molecule has 0 saturated heterocycles. The third-order valence-corrected chi connectivity index (χ3v) is 2.32. The molecule has 1 heterocycles. The first-order chi connectivity index (χ1) is 7.22. The second kappa shape index (κ2) is 4.65. The Morgan fingerprint density at radius 3 is 2.53 bits per heavy atom. The molecule has 0 bridgehead atoms. The van der Waals surface area contributed by atoms with Crippen LogP contribution in [0.3, 0.4) is 0 Å². The summed E-state index contributed by atoms with van der Waals surface area (Å²) in [4.78, 5) is 0. The highest BCUT2D eigenvalue weighted by Gasteiger charge is 2.02. The summed E-state index contributed by atoms with van der Waals surface area (Å²) < 4.78 is 2.08. The Balaban J connectivity index is 0.000000531. The Morgan fingerprint density at radius 1 is 1.27 bits per heavy atom. The van der Waals surface area contributed by atoms with E-state index in [0.29, 0.717) is 0 Å². The van der Waals surface area contributed by atoms with Gasteiger partial charge in [0.15, 0.2) is 0 Å². The van der Waals surface area contributed by atoms with Crippen LogP contribution in [0.2, 0.25) is 0 Å². The van der Waals surface area contributed by atoms with Crippen LogP contribution < -0.4 is 0 Å². The largest absolute Gasteiger partial charge is 0.350 e. The summed E-state index contributed by atoms with van der Waals surface area (Å²) in [5.41, 5.74) is 3.12. The van der Waals surface area contributed by atoms with E-state index in [9.17, 15) is 0 Å². The van der Waals surface area contributed by atoms with Crippen molar-refractivity contribution >= 4 is 10.9 Å². The van der Waals surface area contributed by atoms with Crippen LogP contribution >= 0.6 is 0 Å². The molecule has 0 aliphatic carbocycles. The molecule has 0 spiro atoms. The molecule has 0 N–H and O–H groups in total. The summed E-state index contributed by atoms with van der Waals surface area (Å²) in [5.74, 6) is 0. The van der Waals surface area contributed by atoms with Gasteiger partial charge in [-0.2, -0.15) is 5.26 Å². The molecule has 0 saturated carbocycles. The predicted molar refractivity (Wildman–Crippen MR) is 63.7 cm³/mol. The van der Waals surface area contributed by atoms with E-state index >= 15 is 0 Å². The zero-order valence-corrected chi connectivity index (χ0v) is 9.70. The van der Waals surface area contributed by atoms with Gasteiger partial charge in [-0.05, 0) is 30.7 Å². The smallest absolute Gasteiger partial charge is 0.0991 e. The lowest BCUT2D eigenvalue weighted by Crippen LogP contribution is -1.83. The number of rotatable bonds is 0. The van der Waals surface area contributed by atoms with Crippen molar-refractivity contribution in [2.75, 3.05) is 0 Å². The number of hydrogen-bond donors (Lipinski definition) is 0. The maximum absolute atomic E-state index is 8.74. The molecular weight excluding hydrogens is 184 g/mol. The van der Waals surface area contributed by atoms with E-state index in [-0.39, 0.29) is 0 Å². The predicted octanol–water partition coefficient (Wildman–Crippen LogP) is 3.38. The third kappa shape index (κ3) is 2.02. The highest BCUT2D eigenvalue weighted by Crippen LogP contribution is 2.20. The summed E-state index contributed by atoms with van der Waals surface area (Å²) in [7, 11) is 2.02.